The summed E-state index contributed by atoms with van der Waals surface area (Å²) in [5.41, 5.74) is 9.40. The maximum atomic E-state index is 5.96. The van der Waals surface area contributed by atoms with Gasteiger partial charge in [-0.3, -0.25) is 4.99 Å². The highest BCUT2D eigenvalue weighted by Gasteiger charge is 2.28. The normalized spacial score (nSPS) is 24.9. The minimum Gasteiger partial charge on any atom is -0.402 e. The van der Waals surface area contributed by atoms with E-state index in [2.05, 4.69) is 24.2 Å². The molecule has 0 amide bonds. The molecule has 0 aromatic rings. The van der Waals surface area contributed by atoms with E-state index < -0.39 is 0 Å². The Kier molecular flexibility index (Phi) is 1.68. The predicted octanol–water partition coefficient (Wildman–Crippen LogP) is 1.14. The molecule has 2 rings (SSSR count). The van der Waals surface area contributed by atoms with E-state index in [9.17, 15) is 0 Å². The number of aliphatic imine (C=N–C) groups is 1. The van der Waals surface area contributed by atoms with Crippen LogP contribution in [0, 0.1) is 5.41 Å². The van der Waals surface area contributed by atoms with Crippen molar-refractivity contribution in [3.05, 3.63) is 23.0 Å². The van der Waals surface area contributed by atoms with E-state index in [0.717, 1.165) is 17.8 Å². The highest BCUT2D eigenvalue weighted by Crippen LogP contribution is 2.35. The topological polar surface area (TPSA) is 50.4 Å². The van der Waals surface area contributed by atoms with Crippen molar-refractivity contribution < 1.29 is 0 Å². The van der Waals surface area contributed by atoms with E-state index in [-0.39, 0.29) is 5.41 Å². The summed E-state index contributed by atoms with van der Waals surface area (Å²) in [4.78, 5) is 4.19. The maximum absolute atomic E-state index is 5.96. The van der Waals surface area contributed by atoms with Crippen molar-refractivity contribution in [2.75, 3.05) is 6.67 Å². The van der Waals surface area contributed by atoms with Crippen LogP contribution in [0.4, 0.5) is 0 Å². The molecule has 0 fully saturated rings. The van der Waals surface area contributed by atoms with E-state index >= 15 is 0 Å². The second-order valence-corrected chi connectivity index (χ2v) is 4.25. The lowest BCUT2D eigenvalue weighted by Crippen LogP contribution is -2.31. The van der Waals surface area contributed by atoms with Crippen LogP contribution in [0.25, 0.3) is 0 Å². The molecule has 1 aliphatic carbocycles. The highest BCUT2D eigenvalue weighted by molar-refractivity contribution is 5.82. The first kappa shape index (κ1) is 8.35. The molecule has 0 aromatic carbocycles. The van der Waals surface area contributed by atoms with Crippen molar-refractivity contribution >= 4 is 6.21 Å². The molecule has 0 unspecified atom stereocenters. The lowest BCUT2D eigenvalue weighted by Gasteiger charge is -2.32. The highest BCUT2D eigenvalue weighted by atomic mass is 15.0. The van der Waals surface area contributed by atoms with Crippen molar-refractivity contribution in [3.8, 4) is 0 Å². The largest absolute Gasteiger partial charge is 0.402 e. The van der Waals surface area contributed by atoms with Crippen LogP contribution in [0.2, 0.25) is 0 Å². The fraction of sp³-hybridized carbons (Fsp3) is 0.500. The summed E-state index contributed by atoms with van der Waals surface area (Å²) in [5, 5.41) is 3.21. The Morgan fingerprint density at radius 3 is 3.08 bits per heavy atom. The molecule has 0 spiro atoms. The standard InChI is InChI=1S/C10H15N3/c1-10(2)4-7-5-12-6-13-8(7)3-9(10)11/h3,5,13H,4,6,11H2,1-2H3. The van der Waals surface area contributed by atoms with Crippen LogP contribution in [0.15, 0.2) is 28.0 Å². The Morgan fingerprint density at radius 1 is 1.54 bits per heavy atom. The van der Waals surface area contributed by atoms with Crippen molar-refractivity contribution in [3.63, 3.8) is 0 Å². The number of hydrogen-bond acceptors (Lipinski definition) is 3. The summed E-state index contributed by atoms with van der Waals surface area (Å²) < 4.78 is 0. The van der Waals surface area contributed by atoms with Gasteiger partial charge in [-0.15, -0.1) is 0 Å². The average molecular weight is 177 g/mol. The Morgan fingerprint density at radius 2 is 2.31 bits per heavy atom. The molecule has 13 heavy (non-hydrogen) atoms. The molecule has 0 saturated carbocycles. The summed E-state index contributed by atoms with van der Waals surface area (Å²) >= 11 is 0. The molecule has 1 heterocycles. The lowest BCUT2D eigenvalue weighted by atomic mass is 9.78. The Labute approximate surface area is 78.4 Å². The van der Waals surface area contributed by atoms with Crippen molar-refractivity contribution in [2.24, 2.45) is 16.1 Å². The number of nitrogens with zero attached hydrogens (tertiary/aromatic N) is 1. The van der Waals surface area contributed by atoms with Crippen LogP contribution < -0.4 is 11.1 Å². The van der Waals surface area contributed by atoms with E-state index in [1.807, 2.05) is 12.3 Å². The van der Waals surface area contributed by atoms with Crippen LogP contribution >= 0.6 is 0 Å². The second kappa shape index (κ2) is 2.62. The van der Waals surface area contributed by atoms with Gasteiger partial charge in [0.25, 0.3) is 0 Å². The molecule has 0 aromatic heterocycles. The minimum absolute atomic E-state index is 0.0733. The summed E-state index contributed by atoms with van der Waals surface area (Å²) in [6.07, 6.45) is 4.96. The van der Waals surface area contributed by atoms with E-state index in [4.69, 9.17) is 5.73 Å². The molecule has 70 valence electrons. The zero-order valence-electron chi connectivity index (χ0n) is 8.09. The molecule has 0 atom stereocenters. The Bertz CT molecular complexity index is 321. The van der Waals surface area contributed by atoms with Gasteiger partial charge in [0.2, 0.25) is 0 Å². The molecule has 0 saturated heterocycles. The number of allylic oxidation sites excluding steroid dienone is 3. The molecular weight excluding hydrogens is 162 g/mol. The minimum atomic E-state index is 0.0733. The fourth-order valence-corrected chi connectivity index (χ4v) is 1.68. The first-order valence-electron chi connectivity index (χ1n) is 4.54. The van der Waals surface area contributed by atoms with Gasteiger partial charge in [0.15, 0.2) is 0 Å². The third-order valence-corrected chi connectivity index (χ3v) is 2.67. The zero-order chi connectivity index (χ0) is 9.47. The second-order valence-electron chi connectivity index (χ2n) is 4.25. The van der Waals surface area contributed by atoms with Crippen LogP contribution in [-0.4, -0.2) is 12.9 Å². The van der Waals surface area contributed by atoms with Gasteiger partial charge in [-0.05, 0) is 18.1 Å². The number of hydrogen-bond donors (Lipinski definition) is 2. The SMILES string of the molecule is CC1(C)CC2=C(C=C1N)NCN=C2. The first-order chi connectivity index (χ1) is 6.09. The summed E-state index contributed by atoms with van der Waals surface area (Å²) in [7, 11) is 0. The fourth-order valence-electron chi connectivity index (χ4n) is 1.68. The number of nitrogens with one attached hydrogen (secondary N) is 1. The van der Waals surface area contributed by atoms with E-state index in [1.54, 1.807) is 0 Å². The van der Waals surface area contributed by atoms with Gasteiger partial charge in [0.1, 0.15) is 6.67 Å². The van der Waals surface area contributed by atoms with Crippen LogP contribution in [0.1, 0.15) is 20.3 Å². The van der Waals surface area contributed by atoms with Crippen LogP contribution in [-0.2, 0) is 0 Å². The van der Waals surface area contributed by atoms with Gasteiger partial charge in [0, 0.05) is 23.0 Å². The molecule has 3 N–H and O–H groups in total. The smallest absolute Gasteiger partial charge is 0.107 e. The quantitative estimate of drug-likeness (QED) is 0.583. The maximum Gasteiger partial charge on any atom is 0.107 e. The molecule has 2 aliphatic rings. The zero-order valence-corrected chi connectivity index (χ0v) is 8.09. The van der Waals surface area contributed by atoms with Crippen molar-refractivity contribution in [1.82, 2.24) is 5.32 Å². The van der Waals surface area contributed by atoms with Gasteiger partial charge >= 0.3 is 0 Å². The van der Waals surface area contributed by atoms with E-state index in [1.165, 1.54) is 5.57 Å². The monoisotopic (exact) mass is 177 g/mol. The Balaban J connectivity index is 2.38. The van der Waals surface area contributed by atoms with Crippen molar-refractivity contribution in [1.29, 1.82) is 0 Å². The van der Waals surface area contributed by atoms with Crippen LogP contribution in [0.5, 0.6) is 0 Å². The lowest BCUT2D eigenvalue weighted by molar-refractivity contribution is 0.431. The van der Waals surface area contributed by atoms with Crippen LogP contribution in [0.3, 0.4) is 0 Å². The third-order valence-electron chi connectivity index (χ3n) is 2.67. The summed E-state index contributed by atoms with van der Waals surface area (Å²) in [5.74, 6) is 0. The van der Waals surface area contributed by atoms with E-state index in [0.29, 0.717) is 6.67 Å². The van der Waals surface area contributed by atoms with Gasteiger partial charge in [-0.1, -0.05) is 13.8 Å². The molecule has 3 heteroatoms. The molecular formula is C10H15N3. The predicted molar refractivity (Wildman–Crippen MR) is 54.2 cm³/mol. The van der Waals surface area contributed by atoms with Gasteiger partial charge < -0.3 is 11.1 Å². The number of rotatable bonds is 0. The third kappa shape index (κ3) is 1.34. The Hall–Kier alpha value is -1.25. The molecule has 0 radical (unpaired) electrons. The van der Waals surface area contributed by atoms with Gasteiger partial charge in [-0.2, -0.15) is 0 Å². The van der Waals surface area contributed by atoms with Gasteiger partial charge in [-0.25, -0.2) is 0 Å². The molecule has 1 aliphatic heterocycles. The number of nitrogens with two attached hydrogens (primary N) is 1. The first-order valence-corrected chi connectivity index (χ1v) is 4.54. The summed E-state index contributed by atoms with van der Waals surface area (Å²) in [6, 6.07) is 0. The molecule has 3 nitrogen and oxygen atoms in total. The average Bonchev–Trinajstić information content (AvgIpc) is 2.06. The summed E-state index contributed by atoms with van der Waals surface area (Å²) in [6.45, 7) is 4.99. The molecule has 0 bridgehead atoms. The van der Waals surface area contributed by atoms with Gasteiger partial charge in [0.05, 0.1) is 0 Å². The van der Waals surface area contributed by atoms with Crippen molar-refractivity contribution in [2.45, 2.75) is 20.3 Å².